The predicted molar refractivity (Wildman–Crippen MR) is 111 cm³/mol. The number of rotatable bonds is 8. The second-order valence-corrected chi connectivity index (χ2v) is 8.64. The molecule has 8 nitrogen and oxygen atoms in total. The third-order valence-electron chi connectivity index (χ3n) is 4.49. The van der Waals surface area contributed by atoms with E-state index in [0.717, 1.165) is 11.9 Å². The summed E-state index contributed by atoms with van der Waals surface area (Å²) in [7, 11) is -1.32. The summed E-state index contributed by atoms with van der Waals surface area (Å²) in [6.07, 6.45) is 3.48. The quantitative estimate of drug-likeness (QED) is 0.315. The Hall–Kier alpha value is -3.20. The highest BCUT2D eigenvalue weighted by Crippen LogP contribution is 2.31. The van der Waals surface area contributed by atoms with Crippen LogP contribution in [0, 0.1) is 10.1 Å². The van der Waals surface area contributed by atoms with E-state index in [4.69, 9.17) is 4.74 Å². The van der Waals surface area contributed by atoms with Crippen LogP contribution in [0.1, 0.15) is 6.42 Å². The molecular weight excluding hydrogens is 394 g/mol. The van der Waals surface area contributed by atoms with Crippen LogP contribution in [0.25, 0.3) is 10.9 Å². The Kier molecular flexibility index (Phi) is 5.97. The van der Waals surface area contributed by atoms with Crippen molar-refractivity contribution in [2.75, 3.05) is 31.4 Å². The average Bonchev–Trinajstić information content (AvgIpc) is 2.69. The van der Waals surface area contributed by atoms with E-state index in [1.807, 2.05) is 11.9 Å². The highest BCUT2D eigenvalue weighted by atomic mass is 32.2. The molecule has 0 atom stereocenters. The van der Waals surface area contributed by atoms with Gasteiger partial charge in [0, 0.05) is 32.1 Å². The first-order valence-corrected chi connectivity index (χ1v) is 10.8. The van der Waals surface area contributed by atoms with Gasteiger partial charge in [0.2, 0.25) is 0 Å². The summed E-state index contributed by atoms with van der Waals surface area (Å²) >= 11 is 0. The Morgan fingerprint density at radius 2 is 1.86 bits per heavy atom. The number of benzene rings is 2. The van der Waals surface area contributed by atoms with Crippen molar-refractivity contribution in [1.29, 1.82) is 0 Å². The van der Waals surface area contributed by atoms with Crippen LogP contribution in [0.15, 0.2) is 59.6 Å². The SMILES string of the molecule is CN(CCCOc1ccc(S(C)(=O)=O)cc1)c1ccc([N+](=O)[O-])c2cccnc12. The number of sulfone groups is 1. The summed E-state index contributed by atoms with van der Waals surface area (Å²) in [6, 6.07) is 12.9. The zero-order valence-electron chi connectivity index (χ0n) is 16.1. The lowest BCUT2D eigenvalue weighted by molar-refractivity contribution is -0.383. The molecule has 0 unspecified atom stereocenters. The molecule has 152 valence electrons. The molecule has 0 aliphatic rings. The maximum Gasteiger partial charge on any atom is 0.278 e. The monoisotopic (exact) mass is 415 g/mol. The first-order valence-electron chi connectivity index (χ1n) is 8.93. The van der Waals surface area contributed by atoms with Gasteiger partial charge >= 0.3 is 0 Å². The van der Waals surface area contributed by atoms with E-state index in [2.05, 4.69) is 4.98 Å². The van der Waals surface area contributed by atoms with Gasteiger partial charge in [-0.3, -0.25) is 15.1 Å². The van der Waals surface area contributed by atoms with E-state index in [-0.39, 0.29) is 10.6 Å². The molecule has 0 saturated heterocycles. The van der Waals surface area contributed by atoms with Gasteiger partial charge in [-0.15, -0.1) is 0 Å². The van der Waals surface area contributed by atoms with E-state index < -0.39 is 14.8 Å². The van der Waals surface area contributed by atoms with Gasteiger partial charge < -0.3 is 9.64 Å². The first-order chi connectivity index (χ1) is 13.8. The molecule has 0 aliphatic heterocycles. The minimum atomic E-state index is -3.22. The Morgan fingerprint density at radius 1 is 1.14 bits per heavy atom. The van der Waals surface area contributed by atoms with Crippen LogP contribution in [0.4, 0.5) is 11.4 Å². The number of nitro benzene ring substituents is 1. The lowest BCUT2D eigenvalue weighted by Crippen LogP contribution is -2.21. The van der Waals surface area contributed by atoms with Gasteiger partial charge in [0.05, 0.1) is 27.5 Å². The van der Waals surface area contributed by atoms with Gasteiger partial charge in [-0.1, -0.05) is 0 Å². The van der Waals surface area contributed by atoms with Crippen LogP contribution in [0.3, 0.4) is 0 Å². The minimum Gasteiger partial charge on any atom is -0.494 e. The molecule has 29 heavy (non-hydrogen) atoms. The van der Waals surface area contributed by atoms with Crippen molar-refractivity contribution in [1.82, 2.24) is 4.98 Å². The molecule has 0 bridgehead atoms. The number of pyridine rings is 1. The molecule has 9 heteroatoms. The molecule has 0 saturated carbocycles. The number of nitrogens with zero attached hydrogens (tertiary/aromatic N) is 3. The number of hydrogen-bond acceptors (Lipinski definition) is 7. The molecule has 3 rings (SSSR count). The van der Waals surface area contributed by atoms with Crippen molar-refractivity contribution >= 4 is 32.1 Å². The van der Waals surface area contributed by atoms with Crippen LogP contribution in [0.5, 0.6) is 5.75 Å². The van der Waals surface area contributed by atoms with Crippen molar-refractivity contribution < 1.29 is 18.1 Å². The second-order valence-electron chi connectivity index (χ2n) is 6.63. The number of non-ortho nitro benzene ring substituents is 1. The Labute approximate surface area is 168 Å². The second kappa shape index (κ2) is 8.44. The van der Waals surface area contributed by atoms with Gasteiger partial charge in [-0.25, -0.2) is 8.42 Å². The summed E-state index contributed by atoms with van der Waals surface area (Å²) in [4.78, 5) is 17.4. The maximum atomic E-state index is 11.5. The van der Waals surface area contributed by atoms with Crippen molar-refractivity contribution in [2.45, 2.75) is 11.3 Å². The number of ether oxygens (including phenoxy) is 1. The van der Waals surface area contributed by atoms with Crippen LogP contribution in [-0.4, -0.2) is 44.8 Å². The largest absolute Gasteiger partial charge is 0.494 e. The third kappa shape index (κ3) is 4.80. The lowest BCUT2D eigenvalue weighted by Gasteiger charge is -2.20. The highest BCUT2D eigenvalue weighted by Gasteiger charge is 2.16. The molecule has 0 fully saturated rings. The molecular formula is C20H21N3O5S. The van der Waals surface area contributed by atoms with Gasteiger partial charge in [-0.05, 0) is 48.9 Å². The molecule has 0 radical (unpaired) electrons. The topological polar surface area (TPSA) is 103 Å². The predicted octanol–water partition coefficient (Wildman–Crippen LogP) is 3.45. The molecule has 3 aromatic rings. The Bertz CT molecular complexity index is 1130. The number of anilines is 1. The summed E-state index contributed by atoms with van der Waals surface area (Å²) in [5.41, 5.74) is 1.43. The fraction of sp³-hybridized carbons (Fsp3) is 0.250. The fourth-order valence-electron chi connectivity index (χ4n) is 3.01. The van der Waals surface area contributed by atoms with E-state index in [9.17, 15) is 18.5 Å². The standard InChI is InChI=1S/C20H21N3O5S/c1-22(13-4-14-28-15-6-8-16(9-7-15)29(2,26)27)19-11-10-18(23(24)25)17-5-3-12-21-20(17)19/h3,5-12H,4,13-14H2,1-2H3. The Balaban J connectivity index is 1.62. The van der Waals surface area contributed by atoms with E-state index >= 15 is 0 Å². The van der Waals surface area contributed by atoms with E-state index in [1.54, 1.807) is 36.5 Å². The molecule has 1 aromatic heterocycles. The van der Waals surface area contributed by atoms with Crippen LogP contribution < -0.4 is 9.64 Å². The van der Waals surface area contributed by atoms with Gasteiger partial charge in [0.1, 0.15) is 11.3 Å². The molecule has 0 spiro atoms. The minimum absolute atomic E-state index is 0.0334. The zero-order valence-corrected chi connectivity index (χ0v) is 16.9. The average molecular weight is 415 g/mol. The van der Waals surface area contributed by atoms with Crippen LogP contribution in [0.2, 0.25) is 0 Å². The third-order valence-corrected chi connectivity index (χ3v) is 5.62. The molecule has 0 aliphatic carbocycles. The maximum absolute atomic E-state index is 11.5. The highest BCUT2D eigenvalue weighted by molar-refractivity contribution is 7.90. The number of nitro groups is 1. The summed E-state index contributed by atoms with van der Waals surface area (Å²) in [5.74, 6) is 0.600. The van der Waals surface area contributed by atoms with Gasteiger partial charge in [0.25, 0.3) is 5.69 Å². The van der Waals surface area contributed by atoms with Crippen LogP contribution >= 0.6 is 0 Å². The van der Waals surface area contributed by atoms with Crippen molar-refractivity contribution in [3.05, 3.63) is 64.8 Å². The van der Waals surface area contributed by atoms with E-state index in [0.29, 0.717) is 36.2 Å². The summed E-state index contributed by atoms with van der Waals surface area (Å²) in [5, 5.41) is 11.7. The zero-order chi connectivity index (χ0) is 21.0. The molecule has 2 aromatic carbocycles. The van der Waals surface area contributed by atoms with Crippen molar-refractivity contribution in [3.63, 3.8) is 0 Å². The summed E-state index contributed by atoms with van der Waals surface area (Å²) in [6.45, 7) is 1.10. The van der Waals surface area contributed by atoms with E-state index in [1.165, 1.54) is 18.2 Å². The molecule has 0 amide bonds. The fourth-order valence-corrected chi connectivity index (χ4v) is 3.64. The number of hydrogen-bond donors (Lipinski definition) is 0. The van der Waals surface area contributed by atoms with Crippen molar-refractivity contribution in [2.24, 2.45) is 0 Å². The van der Waals surface area contributed by atoms with Crippen molar-refractivity contribution in [3.8, 4) is 5.75 Å². The normalized spacial score (nSPS) is 11.4. The summed E-state index contributed by atoms with van der Waals surface area (Å²) < 4.78 is 28.6. The van der Waals surface area contributed by atoms with Crippen LogP contribution in [-0.2, 0) is 9.84 Å². The number of fused-ring (bicyclic) bond motifs is 1. The number of aromatic nitrogens is 1. The van der Waals surface area contributed by atoms with Gasteiger partial charge in [0.15, 0.2) is 9.84 Å². The lowest BCUT2D eigenvalue weighted by atomic mass is 10.1. The molecule has 0 N–H and O–H groups in total. The molecule has 1 heterocycles. The van der Waals surface area contributed by atoms with Gasteiger partial charge in [-0.2, -0.15) is 0 Å². The first kappa shape index (κ1) is 20.5. The smallest absolute Gasteiger partial charge is 0.278 e. The Morgan fingerprint density at radius 3 is 2.52 bits per heavy atom.